The fraction of sp³-hybridized carbons (Fsp3) is 0.737. The maximum Gasteiger partial charge on any atom is 0.253 e. The van der Waals surface area contributed by atoms with Crippen LogP contribution in [0.2, 0.25) is 0 Å². The third kappa shape index (κ3) is 4.78. The zero-order valence-corrected chi connectivity index (χ0v) is 17.2. The Morgan fingerprint density at radius 2 is 1.89 bits per heavy atom. The average Bonchev–Trinajstić information content (AvgIpc) is 2.96. The van der Waals surface area contributed by atoms with E-state index in [1.165, 1.54) is 0 Å². The number of carbonyl (C=O) groups is 1. The Balaban J connectivity index is 1.56. The first-order chi connectivity index (χ1) is 12.5. The van der Waals surface area contributed by atoms with Gasteiger partial charge in [-0.3, -0.25) is 14.2 Å². The first kappa shape index (κ1) is 20.0. The minimum Gasteiger partial charge on any atom is -0.342 e. The topological polar surface area (TPSA) is 89.3 Å². The van der Waals surface area contributed by atoms with Crippen LogP contribution < -0.4 is 5.56 Å². The van der Waals surface area contributed by atoms with Crippen molar-refractivity contribution in [2.75, 3.05) is 24.6 Å². The van der Waals surface area contributed by atoms with E-state index in [0.717, 1.165) is 18.5 Å². The summed E-state index contributed by atoms with van der Waals surface area (Å²) >= 11 is 0. The summed E-state index contributed by atoms with van der Waals surface area (Å²) in [5, 5.41) is 0. The third-order valence-electron chi connectivity index (χ3n) is 5.61. The van der Waals surface area contributed by atoms with Crippen molar-refractivity contribution < 1.29 is 13.2 Å². The van der Waals surface area contributed by atoms with Crippen molar-refractivity contribution in [2.45, 2.75) is 52.0 Å². The van der Waals surface area contributed by atoms with Crippen molar-refractivity contribution in [3.63, 3.8) is 0 Å². The highest BCUT2D eigenvalue weighted by Gasteiger charge is 2.36. The lowest BCUT2D eigenvalue weighted by Gasteiger charge is -2.33. The largest absolute Gasteiger partial charge is 0.342 e. The molecule has 0 radical (unpaired) electrons. The van der Waals surface area contributed by atoms with E-state index < -0.39 is 9.84 Å². The van der Waals surface area contributed by atoms with Crippen LogP contribution in [0.25, 0.3) is 0 Å². The smallest absolute Gasteiger partial charge is 0.253 e. The van der Waals surface area contributed by atoms with Crippen LogP contribution in [0.4, 0.5) is 0 Å². The number of hydrogen-bond acceptors (Lipinski definition) is 5. The Hall–Kier alpha value is -1.70. The molecule has 1 unspecified atom stereocenters. The van der Waals surface area contributed by atoms with Crippen LogP contribution in [0.15, 0.2) is 17.2 Å². The van der Waals surface area contributed by atoms with Crippen LogP contribution in [0.1, 0.15) is 45.7 Å². The summed E-state index contributed by atoms with van der Waals surface area (Å²) in [6.07, 6.45) is 3.71. The SMILES string of the molecule is CC(C)(C)c1cc(=O)n(CC2CCN(C(=O)C3CCS(=O)(=O)C3)CC2)cn1. The number of sulfone groups is 1. The minimum atomic E-state index is -3.04. The van der Waals surface area contributed by atoms with E-state index in [2.05, 4.69) is 4.98 Å². The van der Waals surface area contributed by atoms with Crippen LogP contribution in [-0.2, 0) is 26.6 Å². The predicted octanol–water partition coefficient (Wildman–Crippen LogP) is 1.21. The second-order valence-electron chi connectivity index (χ2n) is 8.88. The van der Waals surface area contributed by atoms with Gasteiger partial charge >= 0.3 is 0 Å². The zero-order valence-electron chi connectivity index (χ0n) is 16.3. The van der Waals surface area contributed by atoms with Crippen molar-refractivity contribution in [3.8, 4) is 0 Å². The molecule has 0 spiro atoms. The molecule has 1 atom stereocenters. The van der Waals surface area contributed by atoms with Crippen LogP contribution in [0.3, 0.4) is 0 Å². The van der Waals surface area contributed by atoms with Crippen molar-refractivity contribution in [2.24, 2.45) is 11.8 Å². The summed E-state index contributed by atoms with van der Waals surface area (Å²) in [4.78, 5) is 31.1. The highest BCUT2D eigenvalue weighted by Crippen LogP contribution is 2.25. The number of amides is 1. The van der Waals surface area contributed by atoms with E-state index >= 15 is 0 Å². The number of piperidine rings is 1. The molecule has 3 heterocycles. The molecule has 0 saturated carbocycles. The second-order valence-corrected chi connectivity index (χ2v) is 11.1. The molecule has 0 aliphatic carbocycles. The van der Waals surface area contributed by atoms with E-state index in [-0.39, 0.29) is 34.3 Å². The lowest BCUT2D eigenvalue weighted by atomic mass is 9.92. The fourth-order valence-electron chi connectivity index (χ4n) is 3.84. The van der Waals surface area contributed by atoms with E-state index in [4.69, 9.17) is 0 Å². The summed E-state index contributed by atoms with van der Waals surface area (Å²) in [6.45, 7) is 7.95. The molecule has 1 amide bonds. The van der Waals surface area contributed by atoms with Crippen LogP contribution in [0.5, 0.6) is 0 Å². The van der Waals surface area contributed by atoms with Gasteiger partial charge in [-0.05, 0) is 25.2 Å². The molecule has 8 heteroatoms. The Labute approximate surface area is 160 Å². The zero-order chi connectivity index (χ0) is 19.8. The summed E-state index contributed by atoms with van der Waals surface area (Å²) in [7, 11) is -3.04. The number of nitrogens with zero attached hydrogens (tertiary/aromatic N) is 3. The van der Waals surface area contributed by atoms with Crippen molar-refractivity contribution in [1.29, 1.82) is 0 Å². The first-order valence-corrected chi connectivity index (χ1v) is 11.4. The molecule has 0 aromatic carbocycles. The minimum absolute atomic E-state index is 0.00699. The maximum absolute atomic E-state index is 12.5. The molecule has 2 aliphatic heterocycles. The standard InChI is InChI=1S/C19H29N3O4S/c1-19(2,3)16-10-17(23)22(13-20-16)11-14-4-7-21(8-5-14)18(24)15-6-9-27(25,26)12-15/h10,13-15H,4-9,11-12H2,1-3H3. The highest BCUT2D eigenvalue weighted by molar-refractivity contribution is 7.91. The lowest BCUT2D eigenvalue weighted by Crippen LogP contribution is -2.43. The monoisotopic (exact) mass is 395 g/mol. The van der Waals surface area contributed by atoms with Gasteiger partial charge in [0.1, 0.15) is 0 Å². The van der Waals surface area contributed by atoms with Crippen LogP contribution in [0, 0.1) is 11.8 Å². The normalized spacial score (nSPS) is 23.5. The molecule has 2 saturated heterocycles. The Morgan fingerprint density at radius 3 is 2.41 bits per heavy atom. The number of hydrogen-bond donors (Lipinski definition) is 0. The highest BCUT2D eigenvalue weighted by atomic mass is 32.2. The van der Waals surface area contributed by atoms with Gasteiger partial charge in [-0.2, -0.15) is 0 Å². The van der Waals surface area contributed by atoms with E-state index in [9.17, 15) is 18.0 Å². The number of carbonyl (C=O) groups excluding carboxylic acids is 1. The van der Waals surface area contributed by atoms with Gasteiger partial charge in [-0.1, -0.05) is 20.8 Å². The summed E-state index contributed by atoms with van der Waals surface area (Å²) in [6, 6.07) is 1.61. The van der Waals surface area contributed by atoms with Crippen molar-refractivity contribution >= 4 is 15.7 Å². The molecule has 1 aromatic heterocycles. The molecule has 2 fully saturated rings. The summed E-state index contributed by atoms with van der Waals surface area (Å²) in [5.74, 6) is 0.0420. The molecule has 0 N–H and O–H groups in total. The first-order valence-electron chi connectivity index (χ1n) is 9.61. The lowest BCUT2D eigenvalue weighted by molar-refractivity contribution is -0.136. The van der Waals surface area contributed by atoms with Crippen molar-refractivity contribution in [1.82, 2.24) is 14.5 Å². The van der Waals surface area contributed by atoms with Gasteiger partial charge in [-0.15, -0.1) is 0 Å². The molecule has 7 nitrogen and oxygen atoms in total. The van der Waals surface area contributed by atoms with Crippen LogP contribution >= 0.6 is 0 Å². The Bertz CT molecular complexity index is 862. The molecule has 3 rings (SSSR count). The third-order valence-corrected chi connectivity index (χ3v) is 7.38. The number of likely N-dealkylation sites (tertiary alicyclic amines) is 1. The molecule has 0 bridgehead atoms. The number of rotatable bonds is 3. The van der Waals surface area contributed by atoms with Crippen molar-refractivity contribution in [3.05, 3.63) is 28.4 Å². The fourth-order valence-corrected chi connectivity index (χ4v) is 5.57. The maximum atomic E-state index is 12.5. The quantitative estimate of drug-likeness (QED) is 0.768. The average molecular weight is 396 g/mol. The van der Waals surface area contributed by atoms with Gasteiger partial charge in [0.15, 0.2) is 9.84 Å². The van der Waals surface area contributed by atoms with Gasteiger partial charge < -0.3 is 4.90 Å². The summed E-state index contributed by atoms with van der Waals surface area (Å²) in [5.41, 5.74) is 0.595. The number of aromatic nitrogens is 2. The van der Waals surface area contributed by atoms with E-state index in [1.807, 2.05) is 20.8 Å². The Morgan fingerprint density at radius 1 is 1.22 bits per heavy atom. The Kier molecular flexibility index (Phi) is 5.47. The molecule has 1 aromatic rings. The molecular formula is C19H29N3O4S. The summed E-state index contributed by atoms with van der Waals surface area (Å²) < 4.78 is 24.8. The second kappa shape index (κ2) is 7.37. The van der Waals surface area contributed by atoms with Gasteiger partial charge in [0, 0.05) is 31.1 Å². The molecule has 2 aliphatic rings. The molecule has 150 valence electrons. The van der Waals surface area contributed by atoms with Crippen LogP contribution in [-0.4, -0.2) is 53.4 Å². The van der Waals surface area contributed by atoms with Gasteiger partial charge in [0.25, 0.3) is 5.56 Å². The molecule has 27 heavy (non-hydrogen) atoms. The predicted molar refractivity (Wildman–Crippen MR) is 103 cm³/mol. The van der Waals surface area contributed by atoms with Gasteiger partial charge in [0.2, 0.25) is 5.91 Å². The van der Waals surface area contributed by atoms with E-state index in [1.54, 1.807) is 21.9 Å². The van der Waals surface area contributed by atoms with Gasteiger partial charge in [-0.25, -0.2) is 13.4 Å². The molecular weight excluding hydrogens is 366 g/mol. The van der Waals surface area contributed by atoms with Gasteiger partial charge in [0.05, 0.1) is 29.4 Å². The van der Waals surface area contributed by atoms with E-state index in [0.29, 0.717) is 32.0 Å².